The van der Waals surface area contributed by atoms with E-state index in [0.717, 1.165) is 50.3 Å². The molecule has 29 heavy (non-hydrogen) atoms. The first-order chi connectivity index (χ1) is 14.0. The molecular formula is C21H33N3O4S. The van der Waals surface area contributed by atoms with Crippen LogP contribution in [0.2, 0.25) is 0 Å². The molecule has 3 aliphatic rings. The Bertz CT molecular complexity index is 845. The molecule has 3 aliphatic heterocycles. The Hall–Kier alpha value is -1.35. The Balaban J connectivity index is 1.68. The van der Waals surface area contributed by atoms with Gasteiger partial charge in [-0.3, -0.25) is 4.90 Å². The SMILES string of the molecule is COc1ccc2c(c1OC)[C@@H]1C[C@H]3[C@H](CCCN3S(=O)(=O)CCCN)CN1CC2. The predicted octanol–water partition coefficient (Wildman–Crippen LogP) is 1.77. The van der Waals surface area contributed by atoms with Crippen LogP contribution in [0.15, 0.2) is 12.1 Å². The molecule has 8 heteroatoms. The van der Waals surface area contributed by atoms with Crippen molar-refractivity contribution in [1.82, 2.24) is 9.21 Å². The van der Waals surface area contributed by atoms with E-state index in [4.69, 9.17) is 15.2 Å². The first kappa shape index (κ1) is 20.9. The number of nitrogens with zero attached hydrogens (tertiary/aromatic N) is 2. The molecule has 0 amide bonds. The lowest BCUT2D eigenvalue weighted by Gasteiger charge is -2.52. The Kier molecular flexibility index (Phi) is 6.06. The molecule has 0 unspecified atom stereocenters. The van der Waals surface area contributed by atoms with Gasteiger partial charge in [0, 0.05) is 37.3 Å². The lowest BCUT2D eigenvalue weighted by molar-refractivity contribution is 0.0209. The summed E-state index contributed by atoms with van der Waals surface area (Å²) in [5.74, 6) is 2.08. The number of sulfonamides is 1. The molecule has 7 nitrogen and oxygen atoms in total. The number of piperidine rings is 2. The van der Waals surface area contributed by atoms with Crippen molar-refractivity contribution >= 4 is 10.0 Å². The molecule has 3 atom stereocenters. The van der Waals surface area contributed by atoms with Crippen LogP contribution in [0, 0.1) is 5.92 Å². The molecule has 2 N–H and O–H groups in total. The largest absolute Gasteiger partial charge is 0.493 e. The second-order valence-electron chi connectivity index (χ2n) is 8.41. The molecule has 0 bridgehead atoms. The van der Waals surface area contributed by atoms with Crippen LogP contribution < -0.4 is 15.2 Å². The summed E-state index contributed by atoms with van der Waals surface area (Å²) in [6.07, 6.45) is 4.35. The van der Waals surface area contributed by atoms with Gasteiger partial charge in [-0.05, 0) is 56.2 Å². The average Bonchev–Trinajstić information content (AvgIpc) is 2.74. The maximum atomic E-state index is 13.0. The topological polar surface area (TPSA) is 85.1 Å². The highest BCUT2D eigenvalue weighted by Gasteiger charge is 2.46. The van der Waals surface area contributed by atoms with Gasteiger partial charge in [0.05, 0.1) is 20.0 Å². The van der Waals surface area contributed by atoms with Crippen LogP contribution in [-0.4, -0.2) is 69.8 Å². The van der Waals surface area contributed by atoms with Gasteiger partial charge >= 0.3 is 0 Å². The van der Waals surface area contributed by atoms with Crippen LogP contribution in [-0.2, 0) is 16.4 Å². The Labute approximate surface area is 174 Å². The summed E-state index contributed by atoms with van der Waals surface area (Å²) in [5, 5.41) is 0. The quantitative estimate of drug-likeness (QED) is 0.751. The standard InChI is InChI=1S/C21H33N3O4S/c1-27-19-7-6-15-8-11-23-14-16-5-3-10-24(29(25,26)12-4-9-22)17(16)13-18(23)20(15)21(19)28-2/h6-7,16-18H,3-5,8-14,22H2,1-2H3/t16-,17+,18+/m1/s1. The normalized spacial score (nSPS) is 27.6. The summed E-state index contributed by atoms with van der Waals surface area (Å²) in [5.41, 5.74) is 8.05. The van der Waals surface area contributed by atoms with Gasteiger partial charge < -0.3 is 15.2 Å². The molecular weight excluding hydrogens is 390 g/mol. The number of methoxy groups -OCH3 is 2. The Morgan fingerprint density at radius 2 is 2.03 bits per heavy atom. The van der Waals surface area contributed by atoms with Gasteiger partial charge in [0.25, 0.3) is 0 Å². The summed E-state index contributed by atoms with van der Waals surface area (Å²) < 4.78 is 39.2. The fraction of sp³-hybridized carbons (Fsp3) is 0.714. The summed E-state index contributed by atoms with van der Waals surface area (Å²) in [4.78, 5) is 2.53. The first-order valence-corrected chi connectivity index (χ1v) is 12.3. The fourth-order valence-corrected chi connectivity index (χ4v) is 7.39. The van der Waals surface area contributed by atoms with E-state index in [0.29, 0.717) is 25.4 Å². The molecule has 2 saturated heterocycles. The highest BCUT2D eigenvalue weighted by Crippen LogP contribution is 2.48. The van der Waals surface area contributed by atoms with E-state index < -0.39 is 10.0 Å². The molecule has 0 aromatic heterocycles. The molecule has 162 valence electrons. The lowest BCUT2D eigenvalue weighted by atomic mass is 9.77. The summed E-state index contributed by atoms with van der Waals surface area (Å²) >= 11 is 0. The van der Waals surface area contributed by atoms with E-state index in [1.807, 2.05) is 6.07 Å². The molecule has 0 aliphatic carbocycles. The third kappa shape index (κ3) is 3.76. The third-order valence-corrected chi connectivity index (χ3v) is 8.85. The molecule has 2 fully saturated rings. The van der Waals surface area contributed by atoms with Crippen molar-refractivity contribution < 1.29 is 17.9 Å². The van der Waals surface area contributed by atoms with Crippen molar-refractivity contribution in [2.75, 3.05) is 46.2 Å². The van der Waals surface area contributed by atoms with E-state index in [2.05, 4.69) is 11.0 Å². The second kappa shape index (κ2) is 8.41. The third-order valence-electron chi connectivity index (χ3n) is 6.88. The van der Waals surface area contributed by atoms with Crippen LogP contribution in [0.1, 0.15) is 42.9 Å². The van der Waals surface area contributed by atoms with E-state index in [-0.39, 0.29) is 17.8 Å². The number of fused-ring (bicyclic) bond motifs is 4. The van der Waals surface area contributed by atoms with Gasteiger partial charge in [-0.2, -0.15) is 4.31 Å². The highest BCUT2D eigenvalue weighted by molar-refractivity contribution is 7.89. The molecule has 0 spiro atoms. The van der Waals surface area contributed by atoms with Gasteiger partial charge in [-0.1, -0.05) is 6.07 Å². The van der Waals surface area contributed by atoms with Gasteiger partial charge in [-0.15, -0.1) is 0 Å². The number of hydrogen-bond donors (Lipinski definition) is 1. The highest BCUT2D eigenvalue weighted by atomic mass is 32.2. The van der Waals surface area contributed by atoms with Crippen LogP contribution >= 0.6 is 0 Å². The van der Waals surface area contributed by atoms with E-state index in [1.54, 1.807) is 18.5 Å². The van der Waals surface area contributed by atoms with Crippen molar-refractivity contribution in [2.24, 2.45) is 11.7 Å². The first-order valence-electron chi connectivity index (χ1n) is 10.7. The van der Waals surface area contributed by atoms with Crippen LogP contribution in [0.3, 0.4) is 0 Å². The Morgan fingerprint density at radius 3 is 2.76 bits per heavy atom. The van der Waals surface area contributed by atoms with Crippen LogP contribution in [0.4, 0.5) is 0 Å². The van der Waals surface area contributed by atoms with Crippen molar-refractivity contribution in [3.63, 3.8) is 0 Å². The lowest BCUT2D eigenvalue weighted by Crippen LogP contribution is -2.57. The van der Waals surface area contributed by atoms with Crippen molar-refractivity contribution in [2.45, 2.75) is 44.2 Å². The summed E-state index contributed by atoms with van der Waals surface area (Å²) in [7, 11) is 0.0680. The van der Waals surface area contributed by atoms with Gasteiger partial charge in [-0.25, -0.2) is 8.42 Å². The van der Waals surface area contributed by atoms with Crippen molar-refractivity contribution in [3.8, 4) is 11.5 Å². The van der Waals surface area contributed by atoms with E-state index in [9.17, 15) is 8.42 Å². The zero-order valence-corrected chi connectivity index (χ0v) is 18.3. The number of ether oxygens (including phenoxy) is 2. The average molecular weight is 424 g/mol. The Morgan fingerprint density at radius 1 is 1.21 bits per heavy atom. The molecule has 1 aromatic rings. The minimum absolute atomic E-state index is 0.0506. The van der Waals surface area contributed by atoms with Crippen LogP contribution in [0.25, 0.3) is 0 Å². The molecule has 4 rings (SSSR count). The molecule has 0 saturated carbocycles. The van der Waals surface area contributed by atoms with E-state index >= 15 is 0 Å². The van der Waals surface area contributed by atoms with Gasteiger partial charge in [0.15, 0.2) is 11.5 Å². The van der Waals surface area contributed by atoms with Crippen LogP contribution in [0.5, 0.6) is 11.5 Å². The fourth-order valence-electron chi connectivity index (χ4n) is 5.55. The number of benzene rings is 1. The number of hydrogen-bond acceptors (Lipinski definition) is 6. The smallest absolute Gasteiger partial charge is 0.214 e. The minimum Gasteiger partial charge on any atom is -0.493 e. The maximum Gasteiger partial charge on any atom is 0.214 e. The second-order valence-corrected chi connectivity index (χ2v) is 10.5. The zero-order valence-electron chi connectivity index (χ0n) is 17.5. The minimum atomic E-state index is -3.28. The monoisotopic (exact) mass is 423 g/mol. The molecule has 3 heterocycles. The van der Waals surface area contributed by atoms with Gasteiger partial charge in [0.1, 0.15) is 0 Å². The van der Waals surface area contributed by atoms with Crippen molar-refractivity contribution in [3.05, 3.63) is 23.3 Å². The number of rotatable bonds is 6. The number of nitrogens with two attached hydrogens (primary N) is 1. The summed E-state index contributed by atoms with van der Waals surface area (Å²) in [6, 6.07) is 4.32. The summed E-state index contributed by atoms with van der Waals surface area (Å²) in [6.45, 7) is 2.99. The van der Waals surface area contributed by atoms with E-state index in [1.165, 1.54) is 11.1 Å². The van der Waals surface area contributed by atoms with Crippen molar-refractivity contribution in [1.29, 1.82) is 0 Å². The van der Waals surface area contributed by atoms with Gasteiger partial charge in [0.2, 0.25) is 10.0 Å². The molecule has 1 aromatic carbocycles. The predicted molar refractivity (Wildman–Crippen MR) is 113 cm³/mol. The maximum absolute atomic E-state index is 13.0. The zero-order chi connectivity index (χ0) is 20.6. The molecule has 0 radical (unpaired) electrons.